The minimum atomic E-state index is -0.670. The number of ether oxygens (including phenoxy) is 3. The number of ketones is 1. The summed E-state index contributed by atoms with van der Waals surface area (Å²) in [5.41, 5.74) is 0.564. The molecule has 120 valence electrons. The Balaban J connectivity index is 2.10. The molecule has 2 rings (SSSR count). The molecule has 0 amide bonds. The van der Waals surface area contributed by atoms with Gasteiger partial charge in [-0.2, -0.15) is 0 Å². The summed E-state index contributed by atoms with van der Waals surface area (Å²) in [6.45, 7) is -0.389. The van der Waals surface area contributed by atoms with Gasteiger partial charge in [-0.05, 0) is 24.3 Å². The zero-order chi connectivity index (χ0) is 16.8. The molecule has 0 N–H and O–H groups in total. The number of para-hydroxylation sites is 1. The third-order valence-corrected chi connectivity index (χ3v) is 3.34. The average molecular weight is 335 g/mol. The van der Waals surface area contributed by atoms with Crippen LogP contribution in [-0.4, -0.2) is 32.6 Å². The molecule has 0 aliphatic carbocycles. The maximum Gasteiger partial charge on any atom is 0.342 e. The number of Topliss-reactive ketones (excluding diaryl/α,β-unsaturated/α-hetero) is 1. The third-order valence-electron chi connectivity index (χ3n) is 3.10. The summed E-state index contributed by atoms with van der Waals surface area (Å²) < 4.78 is 15.3. The van der Waals surface area contributed by atoms with Crippen LogP contribution in [0, 0.1) is 0 Å². The molecule has 0 unspecified atom stereocenters. The molecule has 0 spiro atoms. The van der Waals surface area contributed by atoms with Gasteiger partial charge in [0.15, 0.2) is 23.9 Å². The summed E-state index contributed by atoms with van der Waals surface area (Å²) in [5.74, 6) is -0.350. The number of esters is 1. The minimum Gasteiger partial charge on any atom is -0.493 e. The average Bonchev–Trinajstić information content (AvgIpc) is 2.58. The van der Waals surface area contributed by atoms with Crippen molar-refractivity contribution >= 4 is 23.4 Å². The molecule has 0 heterocycles. The van der Waals surface area contributed by atoms with Crippen molar-refractivity contribution in [2.45, 2.75) is 0 Å². The molecule has 0 radical (unpaired) electrons. The number of hydrogen-bond acceptors (Lipinski definition) is 5. The quantitative estimate of drug-likeness (QED) is 0.598. The summed E-state index contributed by atoms with van der Waals surface area (Å²) in [4.78, 5) is 24.2. The van der Waals surface area contributed by atoms with Crippen LogP contribution < -0.4 is 9.47 Å². The van der Waals surface area contributed by atoms with E-state index in [-0.39, 0.29) is 23.7 Å². The summed E-state index contributed by atoms with van der Waals surface area (Å²) in [6, 6.07) is 11.3. The molecular weight excluding hydrogens is 320 g/mol. The van der Waals surface area contributed by atoms with Gasteiger partial charge in [0.05, 0.1) is 14.2 Å². The number of hydrogen-bond donors (Lipinski definition) is 0. The first-order valence-corrected chi connectivity index (χ1v) is 7.11. The van der Waals surface area contributed by atoms with Crippen molar-refractivity contribution in [2.75, 3.05) is 20.8 Å². The lowest BCUT2D eigenvalue weighted by molar-refractivity contribution is 0.0471. The van der Waals surface area contributed by atoms with Crippen LogP contribution in [0.2, 0.25) is 5.02 Å². The maximum atomic E-state index is 12.2. The molecule has 0 aliphatic rings. The van der Waals surface area contributed by atoms with Crippen molar-refractivity contribution in [1.29, 1.82) is 0 Å². The summed E-state index contributed by atoms with van der Waals surface area (Å²) in [5, 5.41) is 0.441. The Bertz CT molecular complexity index is 727. The second-order valence-corrected chi connectivity index (χ2v) is 4.99. The fourth-order valence-electron chi connectivity index (χ4n) is 2.00. The van der Waals surface area contributed by atoms with Crippen LogP contribution in [0.3, 0.4) is 0 Å². The third kappa shape index (κ3) is 4.02. The monoisotopic (exact) mass is 334 g/mol. The molecule has 5 nitrogen and oxygen atoms in total. The first kappa shape index (κ1) is 16.8. The number of carbonyl (C=O) groups excluding carboxylic acids is 2. The van der Waals surface area contributed by atoms with E-state index in [1.807, 2.05) is 0 Å². The highest BCUT2D eigenvalue weighted by molar-refractivity contribution is 6.31. The highest BCUT2D eigenvalue weighted by atomic mass is 35.5. The molecule has 0 bridgehead atoms. The molecule has 2 aromatic carbocycles. The van der Waals surface area contributed by atoms with E-state index in [1.54, 1.807) is 30.3 Å². The molecule has 6 heteroatoms. The zero-order valence-corrected chi connectivity index (χ0v) is 13.4. The van der Waals surface area contributed by atoms with Crippen molar-refractivity contribution in [3.05, 3.63) is 58.6 Å². The Morgan fingerprint density at radius 3 is 2.43 bits per heavy atom. The lowest BCUT2D eigenvalue weighted by Gasteiger charge is -2.11. The van der Waals surface area contributed by atoms with Crippen LogP contribution in [0.15, 0.2) is 42.5 Å². The van der Waals surface area contributed by atoms with E-state index in [0.29, 0.717) is 16.3 Å². The van der Waals surface area contributed by atoms with Crippen LogP contribution in [0.25, 0.3) is 0 Å². The Morgan fingerprint density at radius 1 is 1.04 bits per heavy atom. The Hall–Kier alpha value is -2.53. The van der Waals surface area contributed by atoms with Gasteiger partial charge in [-0.25, -0.2) is 4.79 Å². The van der Waals surface area contributed by atoms with E-state index in [1.165, 1.54) is 26.4 Å². The van der Waals surface area contributed by atoms with Crippen LogP contribution in [0.4, 0.5) is 0 Å². The number of carbonyl (C=O) groups is 2. The normalized spacial score (nSPS) is 10.0. The number of benzene rings is 2. The highest BCUT2D eigenvalue weighted by Gasteiger charge is 2.19. The second-order valence-electron chi connectivity index (χ2n) is 4.55. The van der Waals surface area contributed by atoms with Crippen molar-refractivity contribution in [1.82, 2.24) is 0 Å². The summed E-state index contributed by atoms with van der Waals surface area (Å²) >= 11 is 5.83. The molecule has 0 atom stereocenters. The Kier molecular flexibility index (Phi) is 5.60. The van der Waals surface area contributed by atoms with E-state index in [9.17, 15) is 9.59 Å². The Labute approximate surface area is 138 Å². The van der Waals surface area contributed by atoms with E-state index >= 15 is 0 Å². The predicted octanol–water partition coefficient (Wildman–Crippen LogP) is 3.40. The summed E-state index contributed by atoms with van der Waals surface area (Å²) in [6.07, 6.45) is 0. The van der Waals surface area contributed by atoms with E-state index in [4.69, 9.17) is 25.8 Å². The largest absolute Gasteiger partial charge is 0.493 e. The molecule has 0 saturated heterocycles. The molecule has 0 saturated carbocycles. The fourth-order valence-corrected chi connectivity index (χ4v) is 2.19. The molecule has 0 fully saturated rings. The topological polar surface area (TPSA) is 61.8 Å². The summed E-state index contributed by atoms with van der Waals surface area (Å²) in [7, 11) is 2.89. The van der Waals surface area contributed by atoms with Gasteiger partial charge in [0.1, 0.15) is 5.56 Å². The van der Waals surface area contributed by atoms with E-state index in [0.717, 1.165) is 0 Å². The van der Waals surface area contributed by atoms with Crippen molar-refractivity contribution in [3.8, 4) is 11.5 Å². The van der Waals surface area contributed by atoms with Gasteiger partial charge in [0.25, 0.3) is 0 Å². The zero-order valence-electron chi connectivity index (χ0n) is 12.7. The first-order valence-electron chi connectivity index (χ1n) is 6.73. The second kappa shape index (κ2) is 7.65. The number of halogens is 1. The number of methoxy groups -OCH3 is 2. The first-order chi connectivity index (χ1) is 11.1. The standard InChI is InChI=1S/C17H15ClO5/c1-21-15-8-4-7-13(16(15)22-2)17(20)23-10-14(19)11-5-3-6-12(18)9-11/h3-9H,10H2,1-2H3. The van der Waals surface area contributed by atoms with Gasteiger partial charge in [0, 0.05) is 10.6 Å². The molecular formula is C17H15ClO5. The fraction of sp³-hybridized carbons (Fsp3) is 0.176. The van der Waals surface area contributed by atoms with E-state index < -0.39 is 5.97 Å². The lowest BCUT2D eigenvalue weighted by Crippen LogP contribution is -2.15. The molecule has 0 aromatic heterocycles. The SMILES string of the molecule is COc1cccc(C(=O)OCC(=O)c2cccc(Cl)c2)c1OC. The smallest absolute Gasteiger partial charge is 0.342 e. The van der Waals surface area contributed by atoms with Crippen LogP contribution in [-0.2, 0) is 4.74 Å². The van der Waals surface area contributed by atoms with Crippen LogP contribution in [0.1, 0.15) is 20.7 Å². The van der Waals surface area contributed by atoms with Gasteiger partial charge in [-0.15, -0.1) is 0 Å². The van der Waals surface area contributed by atoms with Crippen LogP contribution in [0.5, 0.6) is 11.5 Å². The van der Waals surface area contributed by atoms with Gasteiger partial charge >= 0.3 is 5.97 Å². The Morgan fingerprint density at radius 2 is 1.78 bits per heavy atom. The van der Waals surface area contributed by atoms with Gasteiger partial charge in [-0.3, -0.25) is 4.79 Å². The molecule has 0 aliphatic heterocycles. The van der Waals surface area contributed by atoms with Crippen molar-refractivity contribution < 1.29 is 23.8 Å². The predicted molar refractivity (Wildman–Crippen MR) is 85.6 cm³/mol. The highest BCUT2D eigenvalue weighted by Crippen LogP contribution is 2.31. The van der Waals surface area contributed by atoms with Crippen molar-refractivity contribution in [2.24, 2.45) is 0 Å². The van der Waals surface area contributed by atoms with Gasteiger partial charge in [0.2, 0.25) is 0 Å². The number of rotatable bonds is 6. The van der Waals surface area contributed by atoms with Crippen molar-refractivity contribution in [3.63, 3.8) is 0 Å². The van der Waals surface area contributed by atoms with Gasteiger partial charge < -0.3 is 14.2 Å². The van der Waals surface area contributed by atoms with E-state index in [2.05, 4.69) is 0 Å². The minimum absolute atomic E-state index is 0.186. The lowest BCUT2D eigenvalue weighted by atomic mass is 10.1. The molecule has 23 heavy (non-hydrogen) atoms. The van der Waals surface area contributed by atoms with Crippen LogP contribution >= 0.6 is 11.6 Å². The maximum absolute atomic E-state index is 12.2. The molecule has 2 aromatic rings. The van der Waals surface area contributed by atoms with Gasteiger partial charge in [-0.1, -0.05) is 29.8 Å².